The van der Waals surface area contributed by atoms with Gasteiger partial charge in [0.1, 0.15) is 32.7 Å². The van der Waals surface area contributed by atoms with Crippen molar-refractivity contribution in [1.82, 2.24) is 20.2 Å². The molecule has 0 bridgehead atoms. The Morgan fingerprint density at radius 3 is 2.68 bits per heavy atom. The van der Waals surface area contributed by atoms with Gasteiger partial charge in [0.15, 0.2) is 11.5 Å². The van der Waals surface area contributed by atoms with E-state index in [4.69, 9.17) is 9.47 Å². The van der Waals surface area contributed by atoms with Crippen LogP contribution in [0.3, 0.4) is 0 Å². The Balaban J connectivity index is 1.18. The topological polar surface area (TPSA) is 70.9 Å². The van der Waals surface area contributed by atoms with E-state index in [9.17, 15) is 0 Å². The molecule has 0 radical (unpaired) electrons. The standard InChI is InChI=1S/C20H28N6O2/c1-2-4-17(5-3-1)25-10-8-24(9-11-25)14-20-21-22-23-26(20)13-16-6-7-18-19(12-16)28-15-27-18/h6-7,12,17H,1-5,8-11,13-15H2/p+2. The summed E-state index contributed by atoms with van der Waals surface area (Å²) in [5, 5.41) is 12.5. The van der Waals surface area contributed by atoms with E-state index >= 15 is 0 Å². The quantitative estimate of drug-likeness (QED) is 0.695. The number of tetrazole rings is 1. The van der Waals surface area contributed by atoms with E-state index in [1.165, 1.54) is 58.3 Å². The first kappa shape index (κ1) is 17.9. The van der Waals surface area contributed by atoms with Crippen LogP contribution in [0.2, 0.25) is 0 Å². The number of hydrogen-bond acceptors (Lipinski definition) is 5. The number of fused-ring (bicyclic) bond motifs is 1. The second-order valence-electron chi connectivity index (χ2n) is 8.36. The fraction of sp³-hybridized carbons (Fsp3) is 0.650. The van der Waals surface area contributed by atoms with Gasteiger partial charge in [-0.25, -0.2) is 4.68 Å². The van der Waals surface area contributed by atoms with Crippen LogP contribution in [0.4, 0.5) is 0 Å². The maximum Gasteiger partial charge on any atom is 0.231 e. The fourth-order valence-electron chi connectivity index (χ4n) is 4.93. The SMILES string of the molecule is c1cc2c(cc1Cn1nnnc1C[NH+]1CC[NH+](C3CCCCC3)CC1)OCO2. The van der Waals surface area contributed by atoms with Gasteiger partial charge in [-0.2, -0.15) is 0 Å². The molecule has 2 fully saturated rings. The first-order valence-corrected chi connectivity index (χ1v) is 10.7. The van der Waals surface area contributed by atoms with E-state index < -0.39 is 0 Å². The molecular formula is C20H30N6O2+2. The minimum Gasteiger partial charge on any atom is -0.454 e. The number of rotatable bonds is 5. The molecule has 0 atom stereocenters. The predicted molar refractivity (Wildman–Crippen MR) is 101 cm³/mol. The van der Waals surface area contributed by atoms with Crippen LogP contribution in [0.1, 0.15) is 43.5 Å². The highest BCUT2D eigenvalue weighted by Crippen LogP contribution is 2.32. The molecule has 8 heteroatoms. The van der Waals surface area contributed by atoms with Gasteiger partial charge in [0.25, 0.3) is 0 Å². The molecule has 1 aromatic heterocycles. The molecule has 28 heavy (non-hydrogen) atoms. The van der Waals surface area contributed by atoms with Crippen molar-refractivity contribution < 1.29 is 19.3 Å². The van der Waals surface area contributed by atoms with Gasteiger partial charge in [-0.15, -0.1) is 5.10 Å². The summed E-state index contributed by atoms with van der Waals surface area (Å²) in [5.74, 6) is 2.58. The second kappa shape index (κ2) is 8.05. The molecule has 0 amide bonds. The molecule has 2 aromatic rings. The van der Waals surface area contributed by atoms with Crippen molar-refractivity contribution in [1.29, 1.82) is 0 Å². The summed E-state index contributed by atoms with van der Waals surface area (Å²) < 4.78 is 12.8. The van der Waals surface area contributed by atoms with Gasteiger partial charge in [0, 0.05) is 0 Å². The van der Waals surface area contributed by atoms with Crippen LogP contribution in [0.25, 0.3) is 0 Å². The number of hydrogen-bond donors (Lipinski definition) is 2. The Kier molecular flexibility index (Phi) is 5.14. The lowest BCUT2D eigenvalue weighted by atomic mass is 9.94. The molecule has 0 spiro atoms. The van der Waals surface area contributed by atoms with Crippen molar-refractivity contribution in [3.63, 3.8) is 0 Å². The van der Waals surface area contributed by atoms with Crippen molar-refractivity contribution >= 4 is 0 Å². The van der Waals surface area contributed by atoms with Gasteiger partial charge in [0.05, 0.1) is 12.6 Å². The zero-order valence-corrected chi connectivity index (χ0v) is 16.4. The average Bonchev–Trinajstić information content (AvgIpc) is 3.38. The molecule has 0 unspecified atom stereocenters. The lowest BCUT2D eigenvalue weighted by Gasteiger charge is -2.36. The maximum atomic E-state index is 5.48. The molecule has 3 heterocycles. The Labute approximate surface area is 165 Å². The summed E-state index contributed by atoms with van der Waals surface area (Å²) >= 11 is 0. The van der Waals surface area contributed by atoms with Crippen molar-refractivity contribution in [2.24, 2.45) is 0 Å². The number of nitrogens with zero attached hydrogens (tertiary/aromatic N) is 4. The van der Waals surface area contributed by atoms with E-state index in [0.717, 1.165) is 35.5 Å². The third-order valence-corrected chi connectivity index (χ3v) is 6.57. The highest BCUT2D eigenvalue weighted by atomic mass is 16.7. The molecule has 8 nitrogen and oxygen atoms in total. The van der Waals surface area contributed by atoms with Crippen LogP contribution in [0.15, 0.2) is 18.2 Å². The van der Waals surface area contributed by atoms with Gasteiger partial charge >= 0.3 is 0 Å². The molecule has 2 aliphatic heterocycles. The maximum absolute atomic E-state index is 5.48. The molecule has 1 saturated carbocycles. The third-order valence-electron chi connectivity index (χ3n) is 6.57. The highest BCUT2D eigenvalue weighted by molar-refractivity contribution is 5.44. The number of benzene rings is 1. The van der Waals surface area contributed by atoms with E-state index in [1.807, 2.05) is 21.7 Å². The summed E-state index contributed by atoms with van der Waals surface area (Å²) in [5.41, 5.74) is 1.12. The summed E-state index contributed by atoms with van der Waals surface area (Å²) in [7, 11) is 0. The fourth-order valence-corrected chi connectivity index (χ4v) is 4.93. The van der Waals surface area contributed by atoms with Crippen molar-refractivity contribution in [3.05, 3.63) is 29.6 Å². The second-order valence-corrected chi connectivity index (χ2v) is 8.36. The van der Waals surface area contributed by atoms with Crippen molar-refractivity contribution in [3.8, 4) is 11.5 Å². The third kappa shape index (κ3) is 3.84. The molecule has 1 aromatic carbocycles. The van der Waals surface area contributed by atoms with E-state index in [1.54, 1.807) is 4.90 Å². The molecule has 2 N–H and O–H groups in total. The molecule has 5 rings (SSSR count). The molecule has 1 saturated heterocycles. The number of piperazine rings is 1. The largest absolute Gasteiger partial charge is 0.454 e. The highest BCUT2D eigenvalue weighted by Gasteiger charge is 2.31. The monoisotopic (exact) mass is 386 g/mol. The van der Waals surface area contributed by atoms with E-state index in [0.29, 0.717) is 13.3 Å². The number of nitrogens with one attached hydrogen (secondary N) is 2. The molecule has 1 aliphatic carbocycles. The first-order valence-electron chi connectivity index (χ1n) is 10.7. The van der Waals surface area contributed by atoms with Crippen LogP contribution < -0.4 is 19.3 Å². The van der Waals surface area contributed by atoms with Crippen molar-refractivity contribution in [2.75, 3.05) is 33.0 Å². The Hall–Kier alpha value is -2.19. The summed E-state index contributed by atoms with van der Waals surface area (Å²) in [6, 6.07) is 6.94. The van der Waals surface area contributed by atoms with Gasteiger partial charge in [-0.1, -0.05) is 12.5 Å². The Morgan fingerprint density at radius 2 is 1.82 bits per heavy atom. The minimum atomic E-state index is 0.299. The van der Waals surface area contributed by atoms with Crippen LogP contribution in [0.5, 0.6) is 11.5 Å². The minimum absolute atomic E-state index is 0.299. The van der Waals surface area contributed by atoms with Crippen molar-refractivity contribution in [2.45, 2.75) is 51.2 Å². The smallest absolute Gasteiger partial charge is 0.231 e. The number of aromatic nitrogens is 4. The molecule has 150 valence electrons. The van der Waals surface area contributed by atoms with Crippen LogP contribution >= 0.6 is 0 Å². The summed E-state index contributed by atoms with van der Waals surface area (Å²) in [6.45, 7) is 6.84. The lowest BCUT2D eigenvalue weighted by Crippen LogP contribution is -3.29. The number of quaternary nitrogens is 2. The predicted octanol–water partition coefficient (Wildman–Crippen LogP) is -0.934. The molecule has 3 aliphatic rings. The van der Waals surface area contributed by atoms with Crippen LogP contribution in [-0.2, 0) is 13.1 Å². The lowest BCUT2D eigenvalue weighted by molar-refractivity contribution is -1.03. The van der Waals surface area contributed by atoms with Crippen LogP contribution in [-0.4, -0.2) is 59.2 Å². The first-order chi connectivity index (χ1) is 13.8. The van der Waals surface area contributed by atoms with Gasteiger partial charge in [0.2, 0.25) is 12.6 Å². The number of ether oxygens (including phenoxy) is 2. The zero-order chi connectivity index (χ0) is 18.8. The average molecular weight is 387 g/mol. The Morgan fingerprint density at radius 1 is 1.00 bits per heavy atom. The molecular weight excluding hydrogens is 356 g/mol. The van der Waals surface area contributed by atoms with Gasteiger partial charge in [-0.05, 0) is 53.8 Å². The van der Waals surface area contributed by atoms with Crippen LogP contribution in [0, 0.1) is 0 Å². The van der Waals surface area contributed by atoms with Gasteiger partial charge < -0.3 is 19.3 Å². The van der Waals surface area contributed by atoms with E-state index in [2.05, 4.69) is 21.6 Å². The Bertz CT molecular complexity index is 796. The summed E-state index contributed by atoms with van der Waals surface area (Å²) in [4.78, 5) is 3.43. The normalized spacial score (nSPS) is 25.1. The summed E-state index contributed by atoms with van der Waals surface area (Å²) in [6.07, 6.45) is 7.16. The zero-order valence-electron chi connectivity index (χ0n) is 16.4. The van der Waals surface area contributed by atoms with Gasteiger partial charge in [-0.3, -0.25) is 0 Å². The van der Waals surface area contributed by atoms with E-state index in [-0.39, 0.29) is 0 Å².